The van der Waals surface area contributed by atoms with Crippen LogP contribution in [0.25, 0.3) is 0 Å². The molecule has 0 aromatic carbocycles. The van der Waals surface area contributed by atoms with E-state index in [1.165, 1.54) is 24.1 Å². The Hall–Kier alpha value is -1.05. The summed E-state index contributed by atoms with van der Waals surface area (Å²) < 4.78 is 1.93. The summed E-state index contributed by atoms with van der Waals surface area (Å²) >= 11 is 0. The summed E-state index contributed by atoms with van der Waals surface area (Å²) in [5.41, 5.74) is 3.86. The van der Waals surface area contributed by atoms with Gasteiger partial charge in [0, 0.05) is 17.8 Å². The molecule has 0 saturated heterocycles. The van der Waals surface area contributed by atoms with Gasteiger partial charge < -0.3 is 4.57 Å². The van der Waals surface area contributed by atoms with Gasteiger partial charge in [0.15, 0.2) is 0 Å². The quantitative estimate of drug-likeness (QED) is 0.726. The zero-order valence-electron chi connectivity index (χ0n) is 9.68. The van der Waals surface area contributed by atoms with E-state index >= 15 is 0 Å². The Morgan fingerprint density at radius 1 is 1.27 bits per heavy atom. The molecule has 2 rings (SSSR count). The lowest BCUT2D eigenvalue weighted by molar-refractivity contribution is 0.623. The van der Waals surface area contributed by atoms with Crippen molar-refractivity contribution in [1.29, 1.82) is 0 Å². The molecule has 1 aromatic rings. The first-order valence-corrected chi connectivity index (χ1v) is 6.02. The smallest absolute Gasteiger partial charge is 0.254 e. The maximum Gasteiger partial charge on any atom is 0.254 e. The standard InChI is InChI=1S/C13H19NO/c1-3-11-9-10-7-5-6-8-12(10)13(15)14(11)4-2/h9H,3-8H2,1-2H3. The Balaban J connectivity index is 2.62. The number of fused-ring (bicyclic) bond motifs is 1. The number of hydrogen-bond donors (Lipinski definition) is 0. The highest BCUT2D eigenvalue weighted by Crippen LogP contribution is 2.19. The van der Waals surface area contributed by atoms with Crippen molar-refractivity contribution in [2.75, 3.05) is 0 Å². The monoisotopic (exact) mass is 205 g/mol. The van der Waals surface area contributed by atoms with Crippen LogP contribution < -0.4 is 5.56 Å². The molecule has 1 aromatic heterocycles. The summed E-state index contributed by atoms with van der Waals surface area (Å²) in [7, 11) is 0. The first-order valence-electron chi connectivity index (χ1n) is 6.02. The lowest BCUT2D eigenvalue weighted by Gasteiger charge is -2.19. The number of hydrogen-bond acceptors (Lipinski definition) is 1. The lowest BCUT2D eigenvalue weighted by Crippen LogP contribution is -2.29. The minimum atomic E-state index is 0.270. The van der Waals surface area contributed by atoms with Crippen molar-refractivity contribution in [3.8, 4) is 0 Å². The van der Waals surface area contributed by atoms with Crippen LogP contribution in [-0.2, 0) is 25.8 Å². The van der Waals surface area contributed by atoms with E-state index < -0.39 is 0 Å². The van der Waals surface area contributed by atoms with E-state index in [1.807, 2.05) is 4.57 Å². The van der Waals surface area contributed by atoms with Gasteiger partial charge in [-0.3, -0.25) is 4.79 Å². The summed E-state index contributed by atoms with van der Waals surface area (Å²) in [5.74, 6) is 0. The molecular weight excluding hydrogens is 186 g/mol. The van der Waals surface area contributed by atoms with Crippen molar-refractivity contribution >= 4 is 0 Å². The molecule has 2 heteroatoms. The first-order chi connectivity index (χ1) is 7.27. The van der Waals surface area contributed by atoms with E-state index in [2.05, 4.69) is 19.9 Å². The molecule has 2 nitrogen and oxygen atoms in total. The molecule has 0 N–H and O–H groups in total. The Kier molecular flexibility index (Phi) is 2.94. The van der Waals surface area contributed by atoms with Crippen LogP contribution in [0, 0.1) is 0 Å². The molecular formula is C13H19NO. The van der Waals surface area contributed by atoms with Crippen LogP contribution in [0.5, 0.6) is 0 Å². The Labute approximate surface area is 90.9 Å². The van der Waals surface area contributed by atoms with Gasteiger partial charge in [0.05, 0.1) is 0 Å². The molecule has 0 bridgehead atoms. The zero-order valence-corrected chi connectivity index (χ0v) is 9.68. The maximum atomic E-state index is 12.2. The molecule has 15 heavy (non-hydrogen) atoms. The van der Waals surface area contributed by atoms with Gasteiger partial charge in [-0.05, 0) is 50.7 Å². The van der Waals surface area contributed by atoms with E-state index in [0.29, 0.717) is 0 Å². The Morgan fingerprint density at radius 2 is 2.00 bits per heavy atom. The number of pyridine rings is 1. The molecule has 0 radical (unpaired) electrons. The third-order valence-corrected chi connectivity index (χ3v) is 3.38. The fourth-order valence-electron chi connectivity index (χ4n) is 2.54. The lowest BCUT2D eigenvalue weighted by atomic mass is 9.92. The van der Waals surface area contributed by atoms with E-state index in [4.69, 9.17) is 0 Å². The molecule has 0 atom stereocenters. The van der Waals surface area contributed by atoms with E-state index in [9.17, 15) is 4.79 Å². The van der Waals surface area contributed by atoms with Gasteiger partial charge >= 0.3 is 0 Å². The van der Waals surface area contributed by atoms with E-state index in [0.717, 1.165) is 31.4 Å². The molecule has 82 valence electrons. The van der Waals surface area contributed by atoms with Crippen LogP contribution in [0.3, 0.4) is 0 Å². The molecule has 0 aliphatic heterocycles. The third kappa shape index (κ3) is 1.73. The van der Waals surface area contributed by atoms with Gasteiger partial charge in [0.2, 0.25) is 0 Å². The van der Waals surface area contributed by atoms with Gasteiger partial charge in [-0.2, -0.15) is 0 Å². The topological polar surface area (TPSA) is 22.0 Å². The fraction of sp³-hybridized carbons (Fsp3) is 0.615. The Morgan fingerprint density at radius 3 is 2.67 bits per heavy atom. The van der Waals surface area contributed by atoms with Crippen LogP contribution in [0.1, 0.15) is 43.5 Å². The number of nitrogens with zero attached hydrogens (tertiary/aromatic N) is 1. The number of aromatic nitrogens is 1. The SMILES string of the molecule is CCc1cc2c(c(=O)n1CC)CCCC2. The highest BCUT2D eigenvalue weighted by atomic mass is 16.1. The van der Waals surface area contributed by atoms with Crippen LogP contribution >= 0.6 is 0 Å². The van der Waals surface area contributed by atoms with Gasteiger partial charge in [0.1, 0.15) is 0 Å². The van der Waals surface area contributed by atoms with Gasteiger partial charge in [-0.15, -0.1) is 0 Å². The van der Waals surface area contributed by atoms with E-state index in [1.54, 1.807) is 0 Å². The minimum Gasteiger partial charge on any atom is -0.313 e. The fourth-order valence-corrected chi connectivity index (χ4v) is 2.54. The van der Waals surface area contributed by atoms with Crippen molar-refractivity contribution in [3.63, 3.8) is 0 Å². The number of rotatable bonds is 2. The van der Waals surface area contributed by atoms with Crippen LogP contribution in [-0.4, -0.2) is 4.57 Å². The third-order valence-electron chi connectivity index (χ3n) is 3.38. The summed E-state index contributed by atoms with van der Waals surface area (Å²) in [6.45, 7) is 4.97. The molecule has 0 unspecified atom stereocenters. The summed E-state index contributed by atoms with van der Waals surface area (Å²) in [6.07, 6.45) is 5.46. The Bertz CT molecular complexity index is 400. The zero-order chi connectivity index (χ0) is 10.8. The summed E-state index contributed by atoms with van der Waals surface area (Å²) in [6, 6.07) is 2.25. The second kappa shape index (κ2) is 4.21. The van der Waals surface area contributed by atoms with Crippen molar-refractivity contribution in [2.24, 2.45) is 0 Å². The van der Waals surface area contributed by atoms with Crippen molar-refractivity contribution < 1.29 is 0 Å². The molecule has 0 saturated carbocycles. The van der Waals surface area contributed by atoms with Crippen LogP contribution in [0.4, 0.5) is 0 Å². The predicted molar refractivity (Wildman–Crippen MR) is 62.4 cm³/mol. The molecule has 0 fully saturated rings. The highest BCUT2D eigenvalue weighted by molar-refractivity contribution is 5.30. The second-order valence-corrected chi connectivity index (χ2v) is 4.25. The van der Waals surface area contributed by atoms with Crippen LogP contribution in [0.15, 0.2) is 10.9 Å². The van der Waals surface area contributed by atoms with Crippen LogP contribution in [0.2, 0.25) is 0 Å². The molecule has 1 aliphatic rings. The van der Waals surface area contributed by atoms with Crippen molar-refractivity contribution in [1.82, 2.24) is 4.57 Å². The predicted octanol–water partition coefficient (Wildman–Crippen LogP) is 2.31. The highest BCUT2D eigenvalue weighted by Gasteiger charge is 2.15. The van der Waals surface area contributed by atoms with E-state index in [-0.39, 0.29) is 5.56 Å². The largest absolute Gasteiger partial charge is 0.313 e. The second-order valence-electron chi connectivity index (χ2n) is 4.25. The summed E-state index contributed by atoms with van der Waals surface area (Å²) in [4.78, 5) is 12.2. The number of aryl methyl sites for hydroxylation is 2. The first kappa shape index (κ1) is 10.5. The summed E-state index contributed by atoms with van der Waals surface area (Å²) in [5, 5.41) is 0. The normalized spacial score (nSPS) is 15.1. The molecule has 1 aliphatic carbocycles. The van der Waals surface area contributed by atoms with Crippen molar-refractivity contribution in [2.45, 2.75) is 52.5 Å². The maximum absolute atomic E-state index is 12.2. The molecule has 0 spiro atoms. The van der Waals surface area contributed by atoms with Crippen molar-refractivity contribution in [3.05, 3.63) is 33.2 Å². The van der Waals surface area contributed by atoms with Gasteiger partial charge in [-0.25, -0.2) is 0 Å². The minimum absolute atomic E-state index is 0.270. The average molecular weight is 205 g/mol. The van der Waals surface area contributed by atoms with Gasteiger partial charge in [0.25, 0.3) is 5.56 Å². The van der Waals surface area contributed by atoms with Gasteiger partial charge in [-0.1, -0.05) is 6.92 Å². The molecule has 1 heterocycles. The average Bonchev–Trinajstić information content (AvgIpc) is 2.29. The molecule has 0 amide bonds.